The van der Waals surface area contributed by atoms with E-state index < -0.39 is 5.69 Å². The molecule has 0 amide bonds. The highest BCUT2D eigenvalue weighted by Crippen LogP contribution is 2.19. The number of hydrogen-bond acceptors (Lipinski definition) is 5. The van der Waals surface area contributed by atoms with Gasteiger partial charge in [0.1, 0.15) is 0 Å². The smallest absolute Gasteiger partial charge is 0.363 e. The van der Waals surface area contributed by atoms with Gasteiger partial charge in [-0.15, -0.1) is 0 Å². The molecule has 6 heteroatoms. The fourth-order valence-electron chi connectivity index (χ4n) is 1.88. The Morgan fingerprint density at radius 2 is 2.53 bits per heavy atom. The summed E-state index contributed by atoms with van der Waals surface area (Å²) < 4.78 is 0. The Morgan fingerprint density at radius 3 is 3.27 bits per heavy atom. The number of nitrogens with one attached hydrogen (secondary N) is 1. The summed E-state index contributed by atoms with van der Waals surface area (Å²) in [5.74, 6) is 0.872. The number of aromatic amines is 1. The van der Waals surface area contributed by atoms with E-state index in [2.05, 4.69) is 15.2 Å². The van der Waals surface area contributed by atoms with Crippen molar-refractivity contribution in [2.45, 2.75) is 12.8 Å². The molecule has 2 rings (SSSR count). The van der Waals surface area contributed by atoms with Crippen LogP contribution in [-0.2, 0) is 0 Å². The van der Waals surface area contributed by atoms with Crippen LogP contribution in [0.1, 0.15) is 12.8 Å². The zero-order valence-electron chi connectivity index (χ0n) is 8.39. The van der Waals surface area contributed by atoms with Gasteiger partial charge in [-0.1, -0.05) is 0 Å². The Labute approximate surface area is 87.0 Å². The van der Waals surface area contributed by atoms with Gasteiger partial charge in [-0.2, -0.15) is 10.1 Å². The lowest BCUT2D eigenvalue weighted by Gasteiger charge is -2.32. The summed E-state index contributed by atoms with van der Waals surface area (Å²) >= 11 is 0. The SMILES string of the molecule is O=c1nc(N2CCC[C@@H](CO)C2)cn[nH]1. The predicted octanol–water partition coefficient (Wildman–Crippen LogP) is -0.626. The number of piperidine rings is 1. The lowest BCUT2D eigenvalue weighted by atomic mass is 9.99. The molecule has 0 bridgehead atoms. The second-order valence-electron chi connectivity index (χ2n) is 3.78. The van der Waals surface area contributed by atoms with Crippen LogP contribution in [-0.4, -0.2) is 40.0 Å². The largest absolute Gasteiger partial charge is 0.396 e. The first-order valence-corrected chi connectivity index (χ1v) is 5.07. The average Bonchev–Trinajstić information content (AvgIpc) is 2.29. The van der Waals surface area contributed by atoms with Gasteiger partial charge in [-0.25, -0.2) is 9.89 Å². The molecule has 1 aliphatic heterocycles. The van der Waals surface area contributed by atoms with E-state index in [0.717, 1.165) is 25.9 Å². The van der Waals surface area contributed by atoms with Gasteiger partial charge in [0.05, 0.1) is 6.20 Å². The van der Waals surface area contributed by atoms with Crippen LogP contribution in [0.4, 0.5) is 5.82 Å². The van der Waals surface area contributed by atoms with Crippen LogP contribution >= 0.6 is 0 Å². The van der Waals surface area contributed by atoms with Crippen molar-refractivity contribution in [1.29, 1.82) is 0 Å². The van der Waals surface area contributed by atoms with Gasteiger partial charge in [0, 0.05) is 19.7 Å². The van der Waals surface area contributed by atoms with Crippen molar-refractivity contribution in [2.75, 3.05) is 24.6 Å². The number of aliphatic hydroxyl groups excluding tert-OH is 1. The second-order valence-corrected chi connectivity index (χ2v) is 3.78. The molecule has 2 heterocycles. The Balaban J connectivity index is 2.13. The van der Waals surface area contributed by atoms with Crippen LogP contribution in [0.2, 0.25) is 0 Å². The van der Waals surface area contributed by atoms with E-state index in [4.69, 9.17) is 5.11 Å². The maximum absolute atomic E-state index is 11.0. The van der Waals surface area contributed by atoms with Gasteiger partial charge >= 0.3 is 5.69 Å². The van der Waals surface area contributed by atoms with Crippen molar-refractivity contribution in [3.8, 4) is 0 Å². The first-order chi connectivity index (χ1) is 7.29. The molecule has 15 heavy (non-hydrogen) atoms. The van der Waals surface area contributed by atoms with Crippen molar-refractivity contribution in [1.82, 2.24) is 15.2 Å². The van der Waals surface area contributed by atoms with Gasteiger partial charge in [0.15, 0.2) is 5.82 Å². The molecule has 1 fully saturated rings. The number of hydrogen-bond donors (Lipinski definition) is 2. The molecule has 6 nitrogen and oxygen atoms in total. The van der Waals surface area contributed by atoms with Crippen molar-refractivity contribution in [3.63, 3.8) is 0 Å². The maximum atomic E-state index is 11.0. The fourth-order valence-corrected chi connectivity index (χ4v) is 1.88. The maximum Gasteiger partial charge on any atom is 0.363 e. The monoisotopic (exact) mass is 210 g/mol. The van der Waals surface area contributed by atoms with Crippen molar-refractivity contribution in [2.24, 2.45) is 5.92 Å². The number of aromatic nitrogens is 3. The highest BCUT2D eigenvalue weighted by atomic mass is 16.3. The minimum Gasteiger partial charge on any atom is -0.396 e. The summed E-state index contributed by atoms with van der Waals surface area (Å²) in [6.45, 7) is 1.80. The Kier molecular flexibility index (Phi) is 2.96. The van der Waals surface area contributed by atoms with E-state index in [1.165, 1.54) is 0 Å². The summed E-state index contributed by atoms with van der Waals surface area (Å²) in [6.07, 6.45) is 3.59. The van der Waals surface area contributed by atoms with Gasteiger partial charge in [0.25, 0.3) is 0 Å². The molecular formula is C9H14N4O2. The van der Waals surface area contributed by atoms with E-state index in [1.54, 1.807) is 6.20 Å². The number of H-pyrrole nitrogens is 1. The number of nitrogens with zero attached hydrogens (tertiary/aromatic N) is 3. The second kappa shape index (κ2) is 4.39. The molecule has 1 saturated heterocycles. The molecule has 1 aliphatic rings. The van der Waals surface area contributed by atoms with Gasteiger partial charge in [0.2, 0.25) is 0 Å². The van der Waals surface area contributed by atoms with E-state index in [0.29, 0.717) is 5.82 Å². The Morgan fingerprint density at radius 1 is 1.67 bits per heavy atom. The Bertz CT molecular complexity index is 378. The number of rotatable bonds is 2. The average molecular weight is 210 g/mol. The molecule has 0 radical (unpaired) electrons. The van der Waals surface area contributed by atoms with Gasteiger partial charge in [-0.05, 0) is 18.8 Å². The summed E-state index contributed by atoms with van der Waals surface area (Å²) in [7, 11) is 0. The van der Waals surface area contributed by atoms with Crippen LogP contribution in [0.15, 0.2) is 11.0 Å². The van der Waals surface area contributed by atoms with E-state index in [1.807, 2.05) is 4.90 Å². The van der Waals surface area contributed by atoms with E-state index in [9.17, 15) is 4.79 Å². The molecule has 82 valence electrons. The first kappa shape index (κ1) is 10.1. The lowest BCUT2D eigenvalue weighted by molar-refractivity contribution is 0.208. The molecule has 1 atom stereocenters. The van der Waals surface area contributed by atoms with Crippen LogP contribution in [0.25, 0.3) is 0 Å². The summed E-state index contributed by atoms with van der Waals surface area (Å²) in [5.41, 5.74) is -0.432. The van der Waals surface area contributed by atoms with Crippen LogP contribution in [0, 0.1) is 5.92 Å². The number of aliphatic hydroxyl groups is 1. The summed E-state index contributed by atoms with van der Waals surface area (Å²) in [5, 5.41) is 15.0. The molecular weight excluding hydrogens is 196 g/mol. The highest BCUT2D eigenvalue weighted by Gasteiger charge is 2.20. The zero-order chi connectivity index (χ0) is 10.7. The summed E-state index contributed by atoms with van der Waals surface area (Å²) in [4.78, 5) is 16.8. The quantitative estimate of drug-likeness (QED) is 0.679. The first-order valence-electron chi connectivity index (χ1n) is 5.07. The minimum atomic E-state index is -0.432. The number of anilines is 1. The molecule has 0 saturated carbocycles. The van der Waals surface area contributed by atoms with Gasteiger partial charge in [-0.3, -0.25) is 0 Å². The van der Waals surface area contributed by atoms with Crippen molar-refractivity contribution < 1.29 is 5.11 Å². The molecule has 0 aliphatic carbocycles. The predicted molar refractivity (Wildman–Crippen MR) is 54.7 cm³/mol. The van der Waals surface area contributed by atoms with Crippen molar-refractivity contribution >= 4 is 5.82 Å². The third-order valence-electron chi connectivity index (χ3n) is 2.66. The standard InChI is InChI=1S/C9H14N4O2/c14-6-7-2-1-3-13(5-7)8-4-10-12-9(15)11-8/h4,7,14H,1-3,5-6H2,(H,11,12,15)/t7-/m1/s1. The third kappa shape index (κ3) is 2.33. The molecule has 0 aromatic carbocycles. The van der Waals surface area contributed by atoms with Crippen LogP contribution < -0.4 is 10.6 Å². The molecule has 2 N–H and O–H groups in total. The topological polar surface area (TPSA) is 82.1 Å². The normalized spacial score (nSPS) is 21.7. The molecule has 1 aromatic heterocycles. The highest BCUT2D eigenvalue weighted by molar-refractivity contribution is 5.34. The minimum absolute atomic E-state index is 0.188. The van der Waals surface area contributed by atoms with E-state index in [-0.39, 0.29) is 12.5 Å². The van der Waals surface area contributed by atoms with E-state index >= 15 is 0 Å². The molecule has 1 aromatic rings. The summed E-state index contributed by atoms with van der Waals surface area (Å²) in [6, 6.07) is 0. The Hall–Kier alpha value is -1.43. The fraction of sp³-hybridized carbons (Fsp3) is 0.667. The zero-order valence-corrected chi connectivity index (χ0v) is 8.39. The molecule has 0 unspecified atom stereocenters. The van der Waals surface area contributed by atoms with Crippen LogP contribution in [0.5, 0.6) is 0 Å². The lowest BCUT2D eigenvalue weighted by Crippen LogP contribution is -2.38. The van der Waals surface area contributed by atoms with Crippen LogP contribution in [0.3, 0.4) is 0 Å². The third-order valence-corrected chi connectivity index (χ3v) is 2.66. The molecule has 0 spiro atoms. The van der Waals surface area contributed by atoms with Gasteiger partial charge < -0.3 is 10.0 Å². The van der Waals surface area contributed by atoms with Crippen molar-refractivity contribution in [3.05, 3.63) is 16.7 Å².